The lowest BCUT2D eigenvalue weighted by molar-refractivity contribution is -0.107. The maximum Gasteiger partial charge on any atom is 0.228 e. The quantitative estimate of drug-likeness (QED) is 0.246. The van der Waals surface area contributed by atoms with Crippen LogP contribution in [0.1, 0.15) is 24.0 Å². The number of oxazole rings is 1. The first-order valence-electron chi connectivity index (χ1n) is 11.9. The van der Waals surface area contributed by atoms with Gasteiger partial charge in [0.15, 0.2) is 17.4 Å². The monoisotopic (exact) mass is 538 g/mol. The lowest BCUT2D eigenvalue weighted by Crippen LogP contribution is -1.95. The molecule has 2 aromatic heterocycles. The standard InChI is InChI=1S/C17H9F3N2O2.C11H12O2.CH4O/c18-12-2-1-9(7-11(12)17-22-5-6-23-17)24-16-13(19)8-14-10(15(16)20)3-4-21-14;1-8-7-13-11-9(5-6-12)3-2-4-10(8)11;1-2/h1-8,21H;2-4,6,8H,5,7H2,1H3;2H,1H3. The summed E-state index contributed by atoms with van der Waals surface area (Å²) in [5, 5.41) is 7.20. The van der Waals surface area contributed by atoms with Crippen molar-refractivity contribution in [2.24, 2.45) is 0 Å². The largest absolute Gasteiger partial charge is 0.492 e. The number of H-pyrrole nitrogens is 1. The van der Waals surface area contributed by atoms with Crippen molar-refractivity contribution in [2.75, 3.05) is 13.7 Å². The topological polar surface area (TPSA) is 97.6 Å². The summed E-state index contributed by atoms with van der Waals surface area (Å²) in [5.41, 5.74) is 2.59. The molecule has 0 bridgehead atoms. The van der Waals surface area contributed by atoms with Crippen LogP contribution in [-0.4, -0.2) is 35.1 Å². The first-order chi connectivity index (χ1) is 19.0. The Labute approximate surface area is 221 Å². The van der Waals surface area contributed by atoms with Crippen LogP contribution in [0.25, 0.3) is 22.4 Å². The molecule has 3 heterocycles. The van der Waals surface area contributed by atoms with Gasteiger partial charge in [0.25, 0.3) is 0 Å². The minimum absolute atomic E-state index is 0.0287. The van der Waals surface area contributed by atoms with Gasteiger partial charge < -0.3 is 28.8 Å². The van der Waals surface area contributed by atoms with Gasteiger partial charge in [-0.15, -0.1) is 0 Å². The van der Waals surface area contributed by atoms with Crippen molar-refractivity contribution >= 4 is 17.2 Å². The van der Waals surface area contributed by atoms with Crippen molar-refractivity contribution in [1.82, 2.24) is 9.97 Å². The van der Waals surface area contributed by atoms with E-state index in [2.05, 4.69) is 23.0 Å². The van der Waals surface area contributed by atoms with Crippen LogP contribution in [0.4, 0.5) is 13.2 Å². The van der Waals surface area contributed by atoms with Gasteiger partial charge in [0, 0.05) is 48.2 Å². The number of fused-ring (bicyclic) bond motifs is 2. The average molecular weight is 539 g/mol. The van der Waals surface area contributed by atoms with E-state index in [9.17, 15) is 18.0 Å². The second-order valence-corrected chi connectivity index (χ2v) is 8.44. The molecule has 1 aliphatic heterocycles. The predicted molar refractivity (Wildman–Crippen MR) is 138 cm³/mol. The van der Waals surface area contributed by atoms with Crippen LogP contribution in [-0.2, 0) is 11.2 Å². The third-order valence-electron chi connectivity index (χ3n) is 5.96. The number of halogens is 3. The molecular weight excluding hydrogens is 513 g/mol. The van der Waals surface area contributed by atoms with Gasteiger partial charge in [-0.25, -0.2) is 18.2 Å². The van der Waals surface area contributed by atoms with Gasteiger partial charge in [0.1, 0.15) is 29.9 Å². The predicted octanol–water partition coefficient (Wildman–Crippen LogP) is 6.56. The fourth-order valence-corrected chi connectivity index (χ4v) is 4.13. The minimum atomic E-state index is -0.871. The van der Waals surface area contributed by atoms with Crippen molar-refractivity contribution in [3.63, 3.8) is 0 Å². The van der Waals surface area contributed by atoms with Crippen molar-refractivity contribution in [2.45, 2.75) is 19.3 Å². The summed E-state index contributed by atoms with van der Waals surface area (Å²) in [6.45, 7) is 2.88. The van der Waals surface area contributed by atoms with E-state index < -0.39 is 23.2 Å². The van der Waals surface area contributed by atoms with Crippen LogP contribution >= 0.6 is 0 Å². The van der Waals surface area contributed by atoms with E-state index >= 15 is 0 Å². The van der Waals surface area contributed by atoms with E-state index in [1.54, 1.807) is 0 Å². The Balaban J connectivity index is 0.000000199. The van der Waals surface area contributed by atoms with Gasteiger partial charge in [-0.05, 0) is 24.3 Å². The van der Waals surface area contributed by atoms with Crippen molar-refractivity contribution in [3.8, 4) is 28.7 Å². The van der Waals surface area contributed by atoms with Crippen molar-refractivity contribution in [3.05, 3.63) is 95.8 Å². The van der Waals surface area contributed by atoms with Crippen LogP contribution in [0.15, 0.2) is 71.6 Å². The van der Waals surface area contributed by atoms with Gasteiger partial charge >= 0.3 is 0 Å². The van der Waals surface area contributed by atoms with Crippen molar-refractivity contribution < 1.29 is 37.0 Å². The number of hydrogen-bond acceptors (Lipinski definition) is 6. The Bertz CT molecular complexity index is 1570. The maximum atomic E-state index is 14.4. The molecule has 5 aromatic rings. The highest BCUT2D eigenvalue weighted by Gasteiger charge is 2.22. The Hall–Kier alpha value is -4.57. The molecule has 0 aliphatic carbocycles. The number of para-hydroxylation sites is 1. The molecule has 3 aromatic carbocycles. The van der Waals surface area contributed by atoms with Crippen LogP contribution in [0.2, 0.25) is 0 Å². The fourth-order valence-electron chi connectivity index (χ4n) is 4.13. The molecule has 2 N–H and O–H groups in total. The molecule has 0 saturated carbocycles. The van der Waals surface area contributed by atoms with Gasteiger partial charge in [0.05, 0.1) is 23.9 Å². The summed E-state index contributed by atoms with van der Waals surface area (Å²) in [4.78, 5) is 17.0. The Morgan fingerprint density at radius 1 is 1.13 bits per heavy atom. The number of nitrogens with zero attached hydrogens (tertiary/aromatic N) is 1. The number of hydrogen-bond donors (Lipinski definition) is 2. The summed E-state index contributed by atoms with van der Waals surface area (Å²) in [6, 6.07) is 12.3. The van der Waals surface area contributed by atoms with Crippen LogP contribution in [0, 0.1) is 17.5 Å². The van der Waals surface area contributed by atoms with E-state index in [-0.39, 0.29) is 22.6 Å². The van der Waals surface area contributed by atoms with Gasteiger partial charge in [0.2, 0.25) is 5.89 Å². The molecule has 0 radical (unpaired) electrons. The summed E-state index contributed by atoms with van der Waals surface area (Å²) in [6.07, 6.45) is 5.52. The highest BCUT2D eigenvalue weighted by atomic mass is 19.1. The van der Waals surface area contributed by atoms with Gasteiger partial charge in [-0.3, -0.25) is 0 Å². The molecule has 0 fully saturated rings. The molecule has 6 rings (SSSR count). The van der Waals surface area contributed by atoms with E-state index in [0.717, 1.165) is 43.4 Å². The zero-order valence-electron chi connectivity index (χ0n) is 21.1. The zero-order valence-corrected chi connectivity index (χ0v) is 21.1. The molecule has 39 heavy (non-hydrogen) atoms. The number of carbonyl (C=O) groups is 1. The smallest absolute Gasteiger partial charge is 0.228 e. The third kappa shape index (κ3) is 5.80. The Kier molecular flexibility index (Phi) is 8.67. The normalized spacial score (nSPS) is 13.4. The molecular formula is C29H25F3N2O5. The molecule has 10 heteroatoms. The van der Waals surface area contributed by atoms with Crippen LogP contribution in [0.3, 0.4) is 0 Å². The van der Waals surface area contributed by atoms with E-state index in [4.69, 9.17) is 19.0 Å². The second kappa shape index (κ2) is 12.3. The van der Waals surface area contributed by atoms with Crippen LogP contribution < -0.4 is 9.47 Å². The first-order valence-corrected chi connectivity index (χ1v) is 11.9. The third-order valence-corrected chi connectivity index (χ3v) is 5.96. The molecule has 0 spiro atoms. The van der Waals surface area contributed by atoms with Gasteiger partial charge in [-0.1, -0.05) is 25.1 Å². The number of aromatic amines is 1. The first kappa shape index (κ1) is 27.5. The van der Waals surface area contributed by atoms with Crippen molar-refractivity contribution in [1.29, 1.82) is 0 Å². The van der Waals surface area contributed by atoms with Gasteiger partial charge in [-0.2, -0.15) is 0 Å². The molecule has 202 valence electrons. The Morgan fingerprint density at radius 2 is 1.95 bits per heavy atom. The zero-order chi connectivity index (χ0) is 27.9. The number of aliphatic hydroxyl groups is 1. The number of rotatable bonds is 5. The van der Waals surface area contributed by atoms with E-state index in [1.807, 2.05) is 12.1 Å². The molecule has 7 nitrogen and oxygen atoms in total. The number of nitrogens with one attached hydrogen (secondary N) is 1. The number of aldehydes is 1. The summed E-state index contributed by atoms with van der Waals surface area (Å²) in [5.74, 6) is -1.38. The molecule has 0 amide bonds. The minimum Gasteiger partial charge on any atom is -0.492 e. The number of aromatic nitrogens is 2. The highest BCUT2D eigenvalue weighted by molar-refractivity contribution is 5.82. The molecule has 0 saturated heterocycles. The molecule has 1 aliphatic rings. The second-order valence-electron chi connectivity index (χ2n) is 8.44. The van der Waals surface area contributed by atoms with E-state index in [0.29, 0.717) is 17.9 Å². The summed E-state index contributed by atoms with van der Waals surface area (Å²) in [7, 11) is 1.00. The summed E-state index contributed by atoms with van der Waals surface area (Å²) < 4.78 is 58.3. The number of ether oxygens (including phenoxy) is 2. The van der Waals surface area contributed by atoms with Crippen LogP contribution in [0.5, 0.6) is 17.2 Å². The Morgan fingerprint density at radius 3 is 2.69 bits per heavy atom. The SMILES string of the molecule is CC1COc2c(CC=O)cccc21.CO.Fc1ccc(Oc2c(F)cc3[nH]ccc3c2F)cc1-c1ncco1. The molecule has 1 unspecified atom stereocenters. The maximum absolute atomic E-state index is 14.4. The highest BCUT2D eigenvalue weighted by Crippen LogP contribution is 2.37. The fraction of sp³-hybridized carbons (Fsp3) is 0.172. The molecule has 1 atom stereocenters. The lowest BCUT2D eigenvalue weighted by Gasteiger charge is -2.10. The number of benzene rings is 3. The average Bonchev–Trinajstić information content (AvgIpc) is 3.72. The lowest BCUT2D eigenvalue weighted by atomic mass is 10.00. The number of carbonyl (C=O) groups excluding carboxylic acids is 1. The summed E-state index contributed by atoms with van der Waals surface area (Å²) >= 11 is 0. The number of aliphatic hydroxyl groups excluding tert-OH is 1. The van der Waals surface area contributed by atoms with E-state index in [1.165, 1.54) is 42.4 Å².